The third-order valence-corrected chi connectivity index (χ3v) is 7.79. The lowest BCUT2D eigenvalue weighted by Crippen LogP contribution is -1.95. The fourth-order valence-corrected chi connectivity index (χ4v) is 5.35. The molecule has 256 valence electrons. The summed E-state index contributed by atoms with van der Waals surface area (Å²) in [6, 6.07) is 65.2. The van der Waals surface area contributed by atoms with E-state index in [-0.39, 0.29) is 0 Å². The average Bonchev–Trinajstić information content (AvgIpc) is 3.27. The van der Waals surface area contributed by atoms with Crippen molar-refractivity contribution in [3.05, 3.63) is 194 Å². The Balaban J connectivity index is 0.000000184. The molecule has 0 saturated heterocycles. The lowest BCUT2D eigenvalue weighted by molar-refractivity contribution is 1.18. The van der Waals surface area contributed by atoms with Crippen LogP contribution in [0.15, 0.2) is 194 Å². The zero-order valence-corrected chi connectivity index (χ0v) is 30.3. The van der Waals surface area contributed by atoms with Gasteiger partial charge < -0.3 is 0 Å². The summed E-state index contributed by atoms with van der Waals surface area (Å²) in [5.41, 5.74) is 10.1. The number of rotatable bonds is 6. The number of hydrogen-bond donors (Lipinski definition) is 0. The fourth-order valence-electron chi connectivity index (χ4n) is 5.35. The maximum absolute atomic E-state index is 4.79. The van der Waals surface area contributed by atoms with Gasteiger partial charge in [-0.2, -0.15) is 0 Å². The number of aromatic nitrogens is 4. The topological polar surface area (TPSA) is 51.6 Å². The average molecular weight is 677 g/mol. The van der Waals surface area contributed by atoms with Gasteiger partial charge >= 0.3 is 0 Å². The summed E-state index contributed by atoms with van der Waals surface area (Å²) >= 11 is 0. The van der Waals surface area contributed by atoms with Gasteiger partial charge in [-0.1, -0.05) is 210 Å². The van der Waals surface area contributed by atoms with E-state index in [1.54, 1.807) is 0 Å². The van der Waals surface area contributed by atoms with Gasteiger partial charge in [0.2, 0.25) is 0 Å². The van der Waals surface area contributed by atoms with Gasteiger partial charge in [0.25, 0.3) is 0 Å². The number of benzene rings is 6. The van der Waals surface area contributed by atoms with Crippen molar-refractivity contribution >= 4 is 0 Å². The van der Waals surface area contributed by atoms with Crippen LogP contribution in [0.3, 0.4) is 0 Å². The van der Waals surface area contributed by atoms with Gasteiger partial charge in [-0.3, -0.25) is 0 Å². The van der Waals surface area contributed by atoms with Crippen LogP contribution in [-0.2, 0) is 0 Å². The van der Waals surface area contributed by atoms with E-state index in [0.717, 1.165) is 67.8 Å². The molecular weight excluding hydrogens is 633 g/mol. The first-order valence-electron chi connectivity index (χ1n) is 17.9. The van der Waals surface area contributed by atoms with Crippen molar-refractivity contribution in [3.8, 4) is 67.8 Å². The van der Waals surface area contributed by atoms with Crippen LogP contribution >= 0.6 is 0 Å². The molecule has 8 rings (SSSR count). The molecule has 0 amide bonds. The van der Waals surface area contributed by atoms with Crippen LogP contribution in [0.1, 0.15) is 27.7 Å². The minimum atomic E-state index is 0.746. The van der Waals surface area contributed by atoms with E-state index in [2.05, 4.69) is 60.7 Å². The summed E-state index contributed by atoms with van der Waals surface area (Å²) in [5.74, 6) is 1.49. The highest BCUT2D eigenvalue weighted by Gasteiger charge is 2.11. The van der Waals surface area contributed by atoms with Gasteiger partial charge in [-0.25, -0.2) is 19.9 Å². The van der Waals surface area contributed by atoms with Crippen molar-refractivity contribution < 1.29 is 0 Å². The lowest BCUT2D eigenvalue weighted by Gasteiger charge is -2.09. The Morgan fingerprint density at radius 2 is 0.404 bits per heavy atom. The highest BCUT2D eigenvalue weighted by atomic mass is 14.9. The number of nitrogens with zero attached hydrogens (tertiary/aromatic N) is 4. The second-order valence-electron chi connectivity index (χ2n) is 11.1. The first kappa shape index (κ1) is 36.8. The monoisotopic (exact) mass is 676 g/mol. The Morgan fingerprint density at radius 3 is 0.596 bits per heavy atom. The Labute approximate surface area is 308 Å². The van der Waals surface area contributed by atoms with E-state index in [1.165, 1.54) is 0 Å². The summed E-state index contributed by atoms with van der Waals surface area (Å²) in [5, 5.41) is 0. The van der Waals surface area contributed by atoms with Crippen LogP contribution in [0.25, 0.3) is 67.8 Å². The molecule has 0 fully saturated rings. The van der Waals surface area contributed by atoms with Crippen molar-refractivity contribution in [2.24, 2.45) is 0 Å². The van der Waals surface area contributed by atoms with Crippen molar-refractivity contribution in [1.82, 2.24) is 19.9 Å². The summed E-state index contributed by atoms with van der Waals surface area (Å²) in [4.78, 5) is 19.2. The molecule has 2 heterocycles. The molecule has 0 saturated carbocycles. The largest absolute Gasteiger partial charge is 0.228 e. The van der Waals surface area contributed by atoms with Gasteiger partial charge in [0.1, 0.15) is 0 Å². The zero-order valence-electron chi connectivity index (χ0n) is 30.3. The van der Waals surface area contributed by atoms with Crippen LogP contribution in [-0.4, -0.2) is 19.9 Å². The third-order valence-electron chi connectivity index (χ3n) is 7.79. The molecular formula is C48H44N4. The van der Waals surface area contributed by atoms with Crippen LogP contribution in [0, 0.1) is 0 Å². The van der Waals surface area contributed by atoms with Crippen molar-refractivity contribution in [1.29, 1.82) is 0 Å². The standard InChI is InChI=1S/2C22H16N2.2C2H6/c2*1-4-10-17(11-5-1)20-16-21(18-12-6-2-7-13-18)24-22(23-20)19-14-8-3-9-15-19;2*1-2/h2*1-16H;2*1-2H3. The summed E-state index contributed by atoms with van der Waals surface area (Å²) in [7, 11) is 0. The molecule has 0 radical (unpaired) electrons. The SMILES string of the molecule is CC.CC.c1ccc(-c2cc(-c3ccccc3)nc(-c3ccccc3)n2)cc1.c1ccc(-c2cc(-c3ccccc3)nc(-c3ccccc3)n2)cc1. The van der Waals surface area contributed by atoms with E-state index < -0.39 is 0 Å². The first-order chi connectivity index (χ1) is 25.8. The summed E-state index contributed by atoms with van der Waals surface area (Å²) in [6.45, 7) is 8.00. The van der Waals surface area contributed by atoms with E-state index in [4.69, 9.17) is 19.9 Å². The molecule has 0 spiro atoms. The molecule has 0 aliphatic heterocycles. The predicted octanol–water partition coefficient (Wildman–Crippen LogP) is 13.0. The molecule has 4 nitrogen and oxygen atoms in total. The van der Waals surface area contributed by atoms with Gasteiger partial charge in [0.15, 0.2) is 11.6 Å². The lowest BCUT2D eigenvalue weighted by atomic mass is 10.1. The molecule has 0 N–H and O–H groups in total. The quantitative estimate of drug-likeness (QED) is 0.176. The summed E-state index contributed by atoms with van der Waals surface area (Å²) < 4.78 is 0. The van der Waals surface area contributed by atoms with Crippen molar-refractivity contribution in [3.63, 3.8) is 0 Å². The molecule has 2 aromatic heterocycles. The Kier molecular flexibility index (Phi) is 13.9. The zero-order chi connectivity index (χ0) is 36.4. The molecule has 6 aromatic carbocycles. The Bertz CT molecular complexity index is 1750. The summed E-state index contributed by atoms with van der Waals surface area (Å²) in [6.07, 6.45) is 0. The highest BCUT2D eigenvalue weighted by Crippen LogP contribution is 2.28. The fraction of sp³-hybridized carbons (Fsp3) is 0.0833. The van der Waals surface area contributed by atoms with Crippen LogP contribution in [0.4, 0.5) is 0 Å². The van der Waals surface area contributed by atoms with E-state index >= 15 is 0 Å². The van der Waals surface area contributed by atoms with Gasteiger partial charge in [-0.05, 0) is 12.1 Å². The Morgan fingerprint density at radius 1 is 0.231 bits per heavy atom. The van der Waals surface area contributed by atoms with Gasteiger partial charge in [0, 0.05) is 33.4 Å². The highest BCUT2D eigenvalue weighted by molar-refractivity contribution is 5.73. The minimum Gasteiger partial charge on any atom is -0.228 e. The maximum Gasteiger partial charge on any atom is 0.160 e. The third kappa shape index (κ3) is 9.80. The molecule has 4 heteroatoms. The second kappa shape index (κ2) is 19.6. The molecule has 0 aliphatic rings. The maximum atomic E-state index is 4.79. The van der Waals surface area contributed by atoms with E-state index in [1.807, 2.05) is 161 Å². The molecule has 52 heavy (non-hydrogen) atoms. The predicted molar refractivity (Wildman–Crippen MR) is 219 cm³/mol. The van der Waals surface area contributed by atoms with E-state index in [0.29, 0.717) is 0 Å². The van der Waals surface area contributed by atoms with Crippen molar-refractivity contribution in [2.45, 2.75) is 27.7 Å². The first-order valence-corrected chi connectivity index (χ1v) is 17.9. The van der Waals surface area contributed by atoms with Crippen LogP contribution in [0.2, 0.25) is 0 Å². The normalized spacial score (nSPS) is 9.92. The minimum absolute atomic E-state index is 0.746. The van der Waals surface area contributed by atoms with E-state index in [9.17, 15) is 0 Å². The molecule has 0 bridgehead atoms. The van der Waals surface area contributed by atoms with Crippen LogP contribution in [0.5, 0.6) is 0 Å². The smallest absolute Gasteiger partial charge is 0.160 e. The van der Waals surface area contributed by atoms with Gasteiger partial charge in [-0.15, -0.1) is 0 Å². The number of hydrogen-bond acceptors (Lipinski definition) is 4. The van der Waals surface area contributed by atoms with Crippen molar-refractivity contribution in [2.75, 3.05) is 0 Å². The van der Waals surface area contributed by atoms with Gasteiger partial charge in [0.05, 0.1) is 22.8 Å². The van der Waals surface area contributed by atoms with Crippen LogP contribution < -0.4 is 0 Å². The molecule has 0 unspecified atom stereocenters. The molecule has 0 atom stereocenters. The molecule has 0 aliphatic carbocycles. The second-order valence-corrected chi connectivity index (χ2v) is 11.1. The molecule has 8 aromatic rings. The Hall–Kier alpha value is -6.52.